The highest BCUT2D eigenvalue weighted by atomic mass is 32.2. The predicted octanol–water partition coefficient (Wildman–Crippen LogP) is -1.07. The minimum atomic E-state index is -2.84. The molecule has 1 heterocycles. The van der Waals surface area contributed by atoms with E-state index in [0.717, 1.165) is 19.6 Å². The van der Waals surface area contributed by atoms with Crippen LogP contribution in [0, 0.1) is 0 Å². The van der Waals surface area contributed by atoms with Crippen LogP contribution in [-0.2, 0) is 9.84 Å². The van der Waals surface area contributed by atoms with Crippen LogP contribution in [0.3, 0.4) is 0 Å². The lowest BCUT2D eigenvalue weighted by Crippen LogP contribution is -2.52. The van der Waals surface area contributed by atoms with Crippen molar-refractivity contribution in [3.63, 3.8) is 0 Å². The van der Waals surface area contributed by atoms with Gasteiger partial charge in [0.15, 0.2) is 0 Å². The van der Waals surface area contributed by atoms with Crippen LogP contribution in [0.4, 0.5) is 0 Å². The van der Waals surface area contributed by atoms with E-state index in [1.807, 2.05) is 7.05 Å². The van der Waals surface area contributed by atoms with E-state index in [9.17, 15) is 8.42 Å². The van der Waals surface area contributed by atoms with E-state index < -0.39 is 9.84 Å². The summed E-state index contributed by atoms with van der Waals surface area (Å²) in [7, 11) is -0.869. The minimum Gasteiger partial charge on any atom is -0.314 e. The largest absolute Gasteiger partial charge is 0.314 e. The van der Waals surface area contributed by atoms with Gasteiger partial charge in [-0.15, -0.1) is 0 Å². The zero-order valence-corrected chi connectivity index (χ0v) is 8.39. The van der Waals surface area contributed by atoms with Crippen LogP contribution < -0.4 is 5.32 Å². The van der Waals surface area contributed by atoms with Gasteiger partial charge in [-0.2, -0.15) is 0 Å². The number of sulfone groups is 1. The topological polar surface area (TPSA) is 49.4 Å². The number of hydrogen-bond donors (Lipinski definition) is 1. The van der Waals surface area contributed by atoms with Gasteiger partial charge in [0.1, 0.15) is 9.84 Å². The van der Waals surface area contributed by atoms with Gasteiger partial charge in [0.05, 0.1) is 5.75 Å². The molecule has 1 saturated heterocycles. The van der Waals surface area contributed by atoms with Gasteiger partial charge in [-0.25, -0.2) is 8.42 Å². The average molecular weight is 192 g/mol. The third kappa shape index (κ3) is 3.08. The molecule has 0 spiro atoms. The van der Waals surface area contributed by atoms with Crippen molar-refractivity contribution in [1.29, 1.82) is 0 Å². The molecule has 0 aromatic carbocycles. The lowest BCUT2D eigenvalue weighted by Gasteiger charge is -2.32. The van der Waals surface area contributed by atoms with Crippen LogP contribution in [0.5, 0.6) is 0 Å². The third-order valence-electron chi connectivity index (χ3n) is 2.14. The maximum atomic E-state index is 11.0. The molecule has 1 N–H and O–H groups in total. The van der Waals surface area contributed by atoms with Gasteiger partial charge in [0, 0.05) is 31.9 Å². The summed E-state index contributed by atoms with van der Waals surface area (Å²) in [4.78, 5) is 2.09. The Hall–Kier alpha value is -0.130. The summed E-state index contributed by atoms with van der Waals surface area (Å²) in [5, 5.41) is 3.18. The predicted molar refractivity (Wildman–Crippen MR) is 49.0 cm³/mol. The molecule has 0 aliphatic carbocycles. The summed E-state index contributed by atoms with van der Waals surface area (Å²) >= 11 is 0. The van der Waals surface area contributed by atoms with Gasteiger partial charge in [-0.3, -0.25) is 4.90 Å². The molecule has 1 unspecified atom stereocenters. The van der Waals surface area contributed by atoms with Crippen LogP contribution in [-0.4, -0.2) is 58.1 Å². The van der Waals surface area contributed by atoms with E-state index in [2.05, 4.69) is 10.2 Å². The Morgan fingerprint density at radius 3 is 2.75 bits per heavy atom. The number of nitrogens with one attached hydrogen (secondary N) is 1. The summed E-state index contributed by atoms with van der Waals surface area (Å²) in [6, 6.07) is 0.147. The summed E-state index contributed by atoms with van der Waals surface area (Å²) in [5.74, 6) is 0.260. The molecule has 4 nitrogen and oxygen atoms in total. The van der Waals surface area contributed by atoms with Crippen molar-refractivity contribution < 1.29 is 8.42 Å². The molecule has 0 aromatic heterocycles. The zero-order chi connectivity index (χ0) is 9.19. The standard InChI is InChI=1S/C7H16N2O2S/c1-9-4-3-8-5-7(9)6-12(2,10)11/h7-8H,3-6H2,1-2H3. The molecule has 0 aromatic rings. The third-order valence-corrected chi connectivity index (χ3v) is 3.13. The van der Waals surface area contributed by atoms with Crippen molar-refractivity contribution in [2.75, 3.05) is 38.7 Å². The highest BCUT2D eigenvalue weighted by Crippen LogP contribution is 2.02. The average Bonchev–Trinajstić information content (AvgIpc) is 1.91. The van der Waals surface area contributed by atoms with E-state index in [-0.39, 0.29) is 11.8 Å². The Bertz CT molecular complexity index is 238. The fourth-order valence-electron chi connectivity index (χ4n) is 1.40. The maximum absolute atomic E-state index is 11.0. The van der Waals surface area contributed by atoms with Gasteiger partial charge in [0.25, 0.3) is 0 Å². The second kappa shape index (κ2) is 3.72. The second-order valence-electron chi connectivity index (χ2n) is 3.43. The van der Waals surface area contributed by atoms with Crippen molar-refractivity contribution >= 4 is 9.84 Å². The van der Waals surface area contributed by atoms with Gasteiger partial charge < -0.3 is 5.32 Å². The smallest absolute Gasteiger partial charge is 0.149 e. The summed E-state index contributed by atoms with van der Waals surface area (Å²) in [5.41, 5.74) is 0. The fourth-order valence-corrected chi connectivity index (χ4v) is 2.47. The molecule has 12 heavy (non-hydrogen) atoms. The molecule has 1 fully saturated rings. The first-order chi connectivity index (χ1) is 5.49. The van der Waals surface area contributed by atoms with Gasteiger partial charge >= 0.3 is 0 Å². The van der Waals surface area contributed by atoms with Crippen molar-refractivity contribution in [2.24, 2.45) is 0 Å². The monoisotopic (exact) mass is 192 g/mol. The molecule has 72 valence electrons. The van der Waals surface area contributed by atoms with Crippen molar-refractivity contribution in [2.45, 2.75) is 6.04 Å². The van der Waals surface area contributed by atoms with Crippen molar-refractivity contribution in [1.82, 2.24) is 10.2 Å². The SMILES string of the molecule is CN1CCNCC1CS(C)(=O)=O. The first-order valence-electron chi connectivity index (χ1n) is 4.08. The normalized spacial score (nSPS) is 27.3. The Kier molecular flexibility index (Phi) is 3.09. The fraction of sp³-hybridized carbons (Fsp3) is 1.00. The Labute approximate surface area is 73.9 Å². The lowest BCUT2D eigenvalue weighted by atomic mass is 10.2. The first kappa shape index (κ1) is 9.95. The summed E-state index contributed by atoms with van der Waals surface area (Å²) in [6.07, 6.45) is 1.29. The van der Waals surface area contributed by atoms with Gasteiger partial charge in [0.2, 0.25) is 0 Å². The molecule has 1 rings (SSSR count). The van der Waals surface area contributed by atoms with Crippen LogP contribution >= 0.6 is 0 Å². The molecule has 0 amide bonds. The molecular formula is C7H16N2O2S. The second-order valence-corrected chi connectivity index (χ2v) is 5.62. The lowest BCUT2D eigenvalue weighted by molar-refractivity contribution is 0.217. The molecule has 0 bridgehead atoms. The zero-order valence-electron chi connectivity index (χ0n) is 7.58. The molecular weight excluding hydrogens is 176 g/mol. The van der Waals surface area contributed by atoms with Crippen LogP contribution in [0.15, 0.2) is 0 Å². The number of likely N-dealkylation sites (N-methyl/N-ethyl adjacent to an activating group) is 1. The summed E-state index contributed by atoms with van der Waals surface area (Å²) in [6.45, 7) is 2.67. The quantitative estimate of drug-likeness (QED) is 0.605. The Morgan fingerprint density at radius 2 is 2.25 bits per heavy atom. The van der Waals surface area contributed by atoms with Gasteiger partial charge in [-0.05, 0) is 7.05 Å². The Morgan fingerprint density at radius 1 is 1.58 bits per heavy atom. The highest BCUT2D eigenvalue weighted by Gasteiger charge is 2.22. The number of hydrogen-bond acceptors (Lipinski definition) is 4. The molecule has 0 radical (unpaired) electrons. The van der Waals surface area contributed by atoms with Crippen LogP contribution in [0.2, 0.25) is 0 Å². The van der Waals surface area contributed by atoms with Gasteiger partial charge in [-0.1, -0.05) is 0 Å². The van der Waals surface area contributed by atoms with Crippen LogP contribution in [0.25, 0.3) is 0 Å². The minimum absolute atomic E-state index is 0.147. The molecule has 1 atom stereocenters. The number of piperazine rings is 1. The molecule has 1 aliphatic rings. The number of rotatable bonds is 2. The van der Waals surface area contributed by atoms with E-state index in [1.165, 1.54) is 6.26 Å². The molecule has 0 saturated carbocycles. The van der Waals surface area contributed by atoms with Crippen LogP contribution in [0.1, 0.15) is 0 Å². The van der Waals surface area contributed by atoms with E-state index in [4.69, 9.17) is 0 Å². The number of nitrogens with zero attached hydrogens (tertiary/aromatic N) is 1. The van der Waals surface area contributed by atoms with E-state index in [0.29, 0.717) is 0 Å². The highest BCUT2D eigenvalue weighted by molar-refractivity contribution is 7.90. The summed E-state index contributed by atoms with van der Waals surface area (Å²) < 4.78 is 22.0. The maximum Gasteiger partial charge on any atom is 0.149 e. The molecule has 1 aliphatic heterocycles. The van der Waals surface area contributed by atoms with Crippen molar-refractivity contribution in [3.05, 3.63) is 0 Å². The first-order valence-corrected chi connectivity index (χ1v) is 6.14. The Balaban J connectivity index is 2.50. The van der Waals surface area contributed by atoms with E-state index >= 15 is 0 Å². The molecule has 5 heteroatoms. The van der Waals surface area contributed by atoms with Crippen molar-refractivity contribution in [3.8, 4) is 0 Å². The van der Waals surface area contributed by atoms with E-state index in [1.54, 1.807) is 0 Å².